The summed E-state index contributed by atoms with van der Waals surface area (Å²) >= 11 is 0. The fourth-order valence-corrected chi connectivity index (χ4v) is 1.59. The average molecular weight is 215 g/mol. The molecule has 0 saturated carbocycles. The van der Waals surface area contributed by atoms with Gasteiger partial charge in [-0.3, -0.25) is 0 Å². The quantitative estimate of drug-likeness (QED) is 0.804. The molecule has 1 aromatic rings. The van der Waals surface area contributed by atoms with Crippen LogP contribution in [0.25, 0.3) is 0 Å². The van der Waals surface area contributed by atoms with Crippen molar-refractivity contribution in [3.8, 4) is 0 Å². The fraction of sp³-hybridized carbons (Fsp3) is 0.400. The maximum Gasteiger partial charge on any atom is 0.207 e. The topological polar surface area (TPSA) is 44.5 Å². The third kappa shape index (κ3) is 1.73. The predicted molar refractivity (Wildman–Crippen MR) is 49.0 cm³/mol. The zero-order valence-corrected chi connectivity index (χ0v) is 8.00. The lowest BCUT2D eigenvalue weighted by Crippen LogP contribution is -2.36. The summed E-state index contributed by atoms with van der Waals surface area (Å²) < 4.78 is 36.4. The molecule has 0 aromatic heterocycles. The Morgan fingerprint density at radius 1 is 1.20 bits per heavy atom. The molecule has 0 bridgehead atoms. The van der Waals surface area contributed by atoms with E-state index in [0.29, 0.717) is 18.8 Å². The lowest BCUT2D eigenvalue weighted by atomic mass is 10.1. The SMILES string of the molecule is NCC1(c2ccc(F)c(F)c2)OCCO1. The standard InChI is InChI=1S/C10H11F2NO2/c11-8-2-1-7(5-9(8)12)10(6-13)14-3-4-15-10/h1-2,5H,3-4,6,13H2. The van der Waals surface area contributed by atoms with Crippen LogP contribution >= 0.6 is 0 Å². The van der Waals surface area contributed by atoms with Gasteiger partial charge in [-0.2, -0.15) is 0 Å². The number of hydrogen-bond acceptors (Lipinski definition) is 3. The molecule has 0 amide bonds. The lowest BCUT2D eigenvalue weighted by molar-refractivity contribution is -0.157. The van der Waals surface area contributed by atoms with Gasteiger partial charge in [-0.05, 0) is 12.1 Å². The Hall–Kier alpha value is -1.04. The molecule has 15 heavy (non-hydrogen) atoms. The van der Waals surface area contributed by atoms with E-state index < -0.39 is 17.4 Å². The second kappa shape index (κ2) is 3.84. The minimum atomic E-state index is -1.12. The first kappa shape index (κ1) is 10.5. The summed E-state index contributed by atoms with van der Waals surface area (Å²) in [5, 5.41) is 0. The van der Waals surface area contributed by atoms with Crippen LogP contribution in [0.1, 0.15) is 5.56 Å². The van der Waals surface area contributed by atoms with Crippen LogP contribution in [0.2, 0.25) is 0 Å². The summed E-state index contributed by atoms with van der Waals surface area (Å²) in [5.74, 6) is -2.95. The molecule has 1 fully saturated rings. The van der Waals surface area contributed by atoms with Crippen molar-refractivity contribution in [3.05, 3.63) is 35.4 Å². The molecule has 0 spiro atoms. The molecule has 1 aromatic carbocycles. The van der Waals surface area contributed by atoms with E-state index in [2.05, 4.69) is 0 Å². The van der Waals surface area contributed by atoms with Crippen molar-refractivity contribution in [2.75, 3.05) is 19.8 Å². The van der Waals surface area contributed by atoms with E-state index in [1.807, 2.05) is 0 Å². The molecule has 3 nitrogen and oxygen atoms in total. The van der Waals surface area contributed by atoms with Crippen LogP contribution in [0.3, 0.4) is 0 Å². The first-order valence-corrected chi connectivity index (χ1v) is 4.61. The first-order chi connectivity index (χ1) is 7.18. The monoisotopic (exact) mass is 215 g/mol. The zero-order valence-electron chi connectivity index (χ0n) is 8.00. The molecule has 5 heteroatoms. The molecule has 1 saturated heterocycles. The average Bonchev–Trinajstić information content (AvgIpc) is 2.72. The summed E-state index contributed by atoms with van der Waals surface area (Å²) in [6.45, 7) is 0.866. The number of halogens is 2. The lowest BCUT2D eigenvalue weighted by Gasteiger charge is -2.25. The van der Waals surface area contributed by atoms with E-state index in [0.717, 1.165) is 12.1 Å². The van der Waals surface area contributed by atoms with Crippen molar-refractivity contribution >= 4 is 0 Å². The third-order valence-electron chi connectivity index (χ3n) is 2.38. The second-order valence-corrected chi connectivity index (χ2v) is 3.28. The Labute approximate surface area is 85.8 Å². The minimum absolute atomic E-state index is 0.0675. The molecule has 0 aliphatic carbocycles. The molecule has 1 aliphatic rings. The molecule has 0 radical (unpaired) electrons. The van der Waals surface area contributed by atoms with Crippen LogP contribution in [0, 0.1) is 11.6 Å². The smallest absolute Gasteiger partial charge is 0.207 e. The van der Waals surface area contributed by atoms with Crippen LogP contribution in [0.4, 0.5) is 8.78 Å². The highest BCUT2D eigenvalue weighted by Crippen LogP contribution is 2.31. The van der Waals surface area contributed by atoms with E-state index in [1.165, 1.54) is 6.07 Å². The summed E-state index contributed by atoms with van der Waals surface area (Å²) in [5.41, 5.74) is 5.93. The van der Waals surface area contributed by atoms with Crippen molar-refractivity contribution in [3.63, 3.8) is 0 Å². The molecule has 82 valence electrons. The van der Waals surface area contributed by atoms with Crippen molar-refractivity contribution in [1.82, 2.24) is 0 Å². The number of nitrogens with two attached hydrogens (primary N) is 1. The van der Waals surface area contributed by atoms with E-state index >= 15 is 0 Å². The largest absolute Gasteiger partial charge is 0.342 e. The van der Waals surface area contributed by atoms with Crippen LogP contribution in [-0.2, 0) is 15.3 Å². The van der Waals surface area contributed by atoms with Gasteiger partial charge in [0, 0.05) is 5.56 Å². The third-order valence-corrected chi connectivity index (χ3v) is 2.38. The normalized spacial score (nSPS) is 19.4. The maximum absolute atomic E-state index is 13.0. The number of rotatable bonds is 2. The van der Waals surface area contributed by atoms with Gasteiger partial charge in [-0.25, -0.2) is 8.78 Å². The summed E-state index contributed by atoms with van der Waals surface area (Å²) in [7, 11) is 0. The minimum Gasteiger partial charge on any atom is -0.342 e. The number of hydrogen-bond donors (Lipinski definition) is 1. The maximum atomic E-state index is 13.0. The second-order valence-electron chi connectivity index (χ2n) is 3.28. The van der Waals surface area contributed by atoms with E-state index in [-0.39, 0.29) is 6.54 Å². The molecule has 2 N–H and O–H groups in total. The summed E-state index contributed by atoms with van der Waals surface area (Å²) in [6.07, 6.45) is 0. The van der Waals surface area contributed by atoms with Crippen molar-refractivity contribution in [2.24, 2.45) is 5.73 Å². The van der Waals surface area contributed by atoms with Crippen molar-refractivity contribution in [1.29, 1.82) is 0 Å². The van der Waals surface area contributed by atoms with E-state index in [1.54, 1.807) is 0 Å². The number of benzene rings is 1. The molecular formula is C10H11F2NO2. The van der Waals surface area contributed by atoms with Gasteiger partial charge in [0.1, 0.15) is 0 Å². The number of ether oxygens (including phenoxy) is 2. The van der Waals surface area contributed by atoms with Gasteiger partial charge in [0.2, 0.25) is 5.79 Å². The van der Waals surface area contributed by atoms with Gasteiger partial charge in [0.15, 0.2) is 11.6 Å². The van der Waals surface area contributed by atoms with Gasteiger partial charge < -0.3 is 15.2 Å². The zero-order chi connectivity index (χ0) is 10.9. The first-order valence-electron chi connectivity index (χ1n) is 4.61. The van der Waals surface area contributed by atoms with Gasteiger partial charge in [0.25, 0.3) is 0 Å². The van der Waals surface area contributed by atoms with Gasteiger partial charge in [-0.1, -0.05) is 6.07 Å². The van der Waals surface area contributed by atoms with Gasteiger partial charge >= 0.3 is 0 Å². The van der Waals surface area contributed by atoms with Crippen LogP contribution in [0.5, 0.6) is 0 Å². The van der Waals surface area contributed by atoms with Crippen LogP contribution in [-0.4, -0.2) is 19.8 Å². The molecule has 2 rings (SSSR count). The van der Waals surface area contributed by atoms with Crippen LogP contribution < -0.4 is 5.73 Å². The molecular weight excluding hydrogens is 204 g/mol. The Kier molecular flexibility index (Phi) is 2.68. The molecule has 0 unspecified atom stereocenters. The predicted octanol–water partition coefficient (Wildman–Crippen LogP) is 1.12. The van der Waals surface area contributed by atoms with E-state index in [9.17, 15) is 8.78 Å². The highest BCUT2D eigenvalue weighted by molar-refractivity contribution is 5.23. The Balaban J connectivity index is 2.38. The molecule has 1 heterocycles. The Morgan fingerprint density at radius 2 is 1.87 bits per heavy atom. The van der Waals surface area contributed by atoms with Crippen molar-refractivity contribution in [2.45, 2.75) is 5.79 Å². The summed E-state index contributed by atoms with van der Waals surface area (Å²) in [6, 6.07) is 3.50. The highest BCUT2D eigenvalue weighted by Gasteiger charge is 2.37. The van der Waals surface area contributed by atoms with Gasteiger partial charge in [-0.15, -0.1) is 0 Å². The molecule has 0 atom stereocenters. The highest BCUT2D eigenvalue weighted by atomic mass is 19.2. The molecule has 1 aliphatic heterocycles. The Bertz CT molecular complexity index is 364. The van der Waals surface area contributed by atoms with Gasteiger partial charge in [0.05, 0.1) is 19.8 Å². The van der Waals surface area contributed by atoms with Crippen LogP contribution in [0.15, 0.2) is 18.2 Å². The van der Waals surface area contributed by atoms with Crippen molar-refractivity contribution < 1.29 is 18.3 Å². The fourth-order valence-electron chi connectivity index (χ4n) is 1.59. The summed E-state index contributed by atoms with van der Waals surface area (Å²) in [4.78, 5) is 0. The van der Waals surface area contributed by atoms with E-state index in [4.69, 9.17) is 15.2 Å². The Morgan fingerprint density at radius 3 is 2.40 bits per heavy atom.